The quantitative estimate of drug-likeness (QED) is 0.804. The van der Waals surface area contributed by atoms with Gasteiger partial charge in [-0.2, -0.15) is 5.26 Å². The Morgan fingerprint density at radius 2 is 2.25 bits per heavy atom. The van der Waals surface area contributed by atoms with E-state index >= 15 is 0 Å². The smallest absolute Gasteiger partial charge is 0.129 e. The van der Waals surface area contributed by atoms with Crippen LogP contribution in [0.15, 0.2) is 18.3 Å². The summed E-state index contributed by atoms with van der Waals surface area (Å²) in [5.74, 6) is 1.56. The number of hydrogen-bond acceptors (Lipinski definition) is 4. The minimum Gasteiger partial charge on any atom is -0.357 e. The average molecular weight is 216 g/mol. The molecular formula is C12H16N4. The number of pyridine rings is 1. The SMILES string of the molecule is N#Cc1ccnc(N2CCC(CN)CC2)c1. The minimum absolute atomic E-state index is 0.649. The number of nitrogens with zero attached hydrogens (tertiary/aromatic N) is 3. The molecule has 16 heavy (non-hydrogen) atoms. The molecule has 0 unspecified atom stereocenters. The Morgan fingerprint density at radius 1 is 1.50 bits per heavy atom. The third-order valence-electron chi connectivity index (χ3n) is 3.15. The summed E-state index contributed by atoms with van der Waals surface area (Å²) in [6, 6.07) is 5.72. The van der Waals surface area contributed by atoms with Crippen LogP contribution in [-0.4, -0.2) is 24.6 Å². The molecule has 0 radical (unpaired) electrons. The van der Waals surface area contributed by atoms with Crippen molar-refractivity contribution in [2.24, 2.45) is 11.7 Å². The fourth-order valence-electron chi connectivity index (χ4n) is 2.06. The lowest BCUT2D eigenvalue weighted by molar-refractivity contribution is 0.413. The lowest BCUT2D eigenvalue weighted by atomic mass is 9.97. The molecule has 1 aliphatic heterocycles. The molecule has 0 spiro atoms. The minimum atomic E-state index is 0.649. The van der Waals surface area contributed by atoms with E-state index in [1.54, 1.807) is 12.3 Å². The number of aromatic nitrogens is 1. The van der Waals surface area contributed by atoms with E-state index in [2.05, 4.69) is 16.0 Å². The van der Waals surface area contributed by atoms with Gasteiger partial charge < -0.3 is 10.6 Å². The van der Waals surface area contributed by atoms with Crippen LogP contribution in [0.5, 0.6) is 0 Å². The van der Waals surface area contributed by atoms with E-state index in [0.717, 1.165) is 38.3 Å². The Hall–Kier alpha value is -1.60. The number of rotatable bonds is 2. The molecule has 2 heterocycles. The van der Waals surface area contributed by atoms with E-state index in [4.69, 9.17) is 11.0 Å². The summed E-state index contributed by atoms with van der Waals surface area (Å²) in [6.07, 6.45) is 3.94. The van der Waals surface area contributed by atoms with Crippen LogP contribution in [-0.2, 0) is 0 Å². The lowest BCUT2D eigenvalue weighted by Crippen LogP contribution is -2.36. The van der Waals surface area contributed by atoms with Crippen molar-refractivity contribution in [3.8, 4) is 6.07 Å². The van der Waals surface area contributed by atoms with Gasteiger partial charge in [-0.25, -0.2) is 4.98 Å². The summed E-state index contributed by atoms with van der Waals surface area (Å²) in [7, 11) is 0. The molecule has 2 rings (SSSR count). The number of nitrogens with two attached hydrogens (primary N) is 1. The maximum atomic E-state index is 8.83. The van der Waals surface area contributed by atoms with Crippen LogP contribution in [0.2, 0.25) is 0 Å². The lowest BCUT2D eigenvalue weighted by Gasteiger charge is -2.32. The van der Waals surface area contributed by atoms with Crippen molar-refractivity contribution in [3.63, 3.8) is 0 Å². The first-order valence-corrected chi connectivity index (χ1v) is 5.64. The van der Waals surface area contributed by atoms with Gasteiger partial charge in [-0.3, -0.25) is 0 Å². The summed E-state index contributed by atoms with van der Waals surface area (Å²) in [6.45, 7) is 2.76. The fourth-order valence-corrected chi connectivity index (χ4v) is 2.06. The van der Waals surface area contributed by atoms with E-state index in [0.29, 0.717) is 11.5 Å². The summed E-state index contributed by atoms with van der Waals surface area (Å²) >= 11 is 0. The van der Waals surface area contributed by atoms with E-state index in [-0.39, 0.29) is 0 Å². The van der Waals surface area contributed by atoms with E-state index in [9.17, 15) is 0 Å². The number of piperidine rings is 1. The summed E-state index contributed by atoms with van der Waals surface area (Å²) in [5.41, 5.74) is 6.33. The molecule has 1 aromatic rings. The zero-order valence-corrected chi connectivity index (χ0v) is 9.26. The zero-order valence-electron chi connectivity index (χ0n) is 9.26. The van der Waals surface area contributed by atoms with Crippen LogP contribution in [0.1, 0.15) is 18.4 Å². The van der Waals surface area contributed by atoms with Crippen molar-refractivity contribution < 1.29 is 0 Å². The number of anilines is 1. The monoisotopic (exact) mass is 216 g/mol. The Morgan fingerprint density at radius 3 is 2.88 bits per heavy atom. The summed E-state index contributed by atoms with van der Waals surface area (Å²) in [4.78, 5) is 6.53. The predicted molar refractivity (Wildman–Crippen MR) is 62.9 cm³/mol. The molecule has 1 saturated heterocycles. The van der Waals surface area contributed by atoms with Crippen LogP contribution in [0.25, 0.3) is 0 Å². The second-order valence-electron chi connectivity index (χ2n) is 4.18. The number of hydrogen-bond donors (Lipinski definition) is 1. The van der Waals surface area contributed by atoms with Crippen molar-refractivity contribution in [1.82, 2.24) is 4.98 Å². The second kappa shape index (κ2) is 4.95. The molecule has 2 N–H and O–H groups in total. The van der Waals surface area contributed by atoms with Gasteiger partial charge in [-0.05, 0) is 37.4 Å². The highest BCUT2D eigenvalue weighted by Crippen LogP contribution is 2.21. The molecule has 4 heteroatoms. The molecule has 4 nitrogen and oxygen atoms in total. The van der Waals surface area contributed by atoms with Crippen molar-refractivity contribution >= 4 is 5.82 Å². The molecule has 1 aromatic heterocycles. The van der Waals surface area contributed by atoms with Crippen LogP contribution < -0.4 is 10.6 Å². The molecule has 1 fully saturated rings. The van der Waals surface area contributed by atoms with E-state index < -0.39 is 0 Å². The second-order valence-corrected chi connectivity index (χ2v) is 4.18. The van der Waals surface area contributed by atoms with Crippen LogP contribution in [0.3, 0.4) is 0 Å². The largest absolute Gasteiger partial charge is 0.357 e. The first-order valence-electron chi connectivity index (χ1n) is 5.64. The van der Waals surface area contributed by atoms with E-state index in [1.165, 1.54) is 0 Å². The highest BCUT2D eigenvalue weighted by Gasteiger charge is 2.18. The maximum absolute atomic E-state index is 8.83. The van der Waals surface area contributed by atoms with Gasteiger partial charge >= 0.3 is 0 Å². The van der Waals surface area contributed by atoms with Gasteiger partial charge in [0, 0.05) is 19.3 Å². The van der Waals surface area contributed by atoms with Gasteiger partial charge in [-0.1, -0.05) is 0 Å². The van der Waals surface area contributed by atoms with Crippen molar-refractivity contribution in [2.75, 3.05) is 24.5 Å². The van der Waals surface area contributed by atoms with Crippen molar-refractivity contribution in [2.45, 2.75) is 12.8 Å². The van der Waals surface area contributed by atoms with Gasteiger partial charge in [0.2, 0.25) is 0 Å². The molecule has 0 bridgehead atoms. The first-order chi connectivity index (χ1) is 7.83. The average Bonchev–Trinajstić information content (AvgIpc) is 2.39. The first kappa shape index (κ1) is 10.9. The van der Waals surface area contributed by atoms with Gasteiger partial charge in [-0.15, -0.1) is 0 Å². The Bertz CT molecular complexity index is 388. The highest BCUT2D eigenvalue weighted by molar-refractivity contribution is 5.45. The highest BCUT2D eigenvalue weighted by atomic mass is 15.2. The van der Waals surface area contributed by atoms with Gasteiger partial charge in [0.05, 0.1) is 11.6 Å². The molecule has 0 atom stereocenters. The molecule has 0 amide bonds. The third kappa shape index (κ3) is 2.31. The molecule has 0 aromatic carbocycles. The molecule has 0 aliphatic carbocycles. The standard InChI is InChI=1S/C12H16N4/c13-8-10-2-5-16(6-3-10)12-7-11(9-14)1-4-15-12/h1,4,7,10H,2-3,5-6,8,13H2. The Labute approximate surface area is 95.7 Å². The molecule has 1 aliphatic rings. The van der Waals surface area contributed by atoms with Gasteiger partial charge in [0.15, 0.2) is 0 Å². The number of nitriles is 1. The normalized spacial score (nSPS) is 17.1. The topological polar surface area (TPSA) is 65.9 Å². The van der Waals surface area contributed by atoms with Crippen LogP contribution >= 0.6 is 0 Å². The van der Waals surface area contributed by atoms with Gasteiger partial charge in [0.25, 0.3) is 0 Å². The zero-order chi connectivity index (χ0) is 11.4. The van der Waals surface area contributed by atoms with Crippen molar-refractivity contribution in [1.29, 1.82) is 5.26 Å². The van der Waals surface area contributed by atoms with E-state index in [1.807, 2.05) is 6.07 Å². The fraction of sp³-hybridized carbons (Fsp3) is 0.500. The van der Waals surface area contributed by atoms with Crippen LogP contribution in [0, 0.1) is 17.2 Å². The Balaban J connectivity index is 2.05. The van der Waals surface area contributed by atoms with Gasteiger partial charge in [0.1, 0.15) is 5.82 Å². The molecule has 84 valence electrons. The third-order valence-corrected chi connectivity index (χ3v) is 3.15. The Kier molecular flexibility index (Phi) is 3.37. The molecule has 0 saturated carbocycles. The maximum Gasteiger partial charge on any atom is 0.129 e. The summed E-state index contributed by atoms with van der Waals surface area (Å²) in [5, 5.41) is 8.83. The van der Waals surface area contributed by atoms with Crippen molar-refractivity contribution in [3.05, 3.63) is 23.9 Å². The van der Waals surface area contributed by atoms with Crippen LogP contribution in [0.4, 0.5) is 5.82 Å². The summed E-state index contributed by atoms with van der Waals surface area (Å²) < 4.78 is 0. The molecular weight excluding hydrogens is 200 g/mol. The predicted octanol–water partition coefficient (Wildman–Crippen LogP) is 1.13.